The van der Waals surface area contributed by atoms with Gasteiger partial charge in [-0.2, -0.15) is 0 Å². The lowest BCUT2D eigenvalue weighted by Crippen LogP contribution is -2.33. The number of ketones is 1. The number of carbonyl (C=O) groups excluding carboxylic acids is 1. The lowest BCUT2D eigenvalue weighted by Gasteiger charge is -2.25. The molecule has 2 aromatic carbocycles. The lowest BCUT2D eigenvalue weighted by molar-refractivity contribution is -0.137. The van der Waals surface area contributed by atoms with Crippen LogP contribution in [-0.4, -0.2) is 34.5 Å². The van der Waals surface area contributed by atoms with Crippen molar-refractivity contribution in [2.24, 2.45) is 5.92 Å². The zero-order valence-electron chi connectivity index (χ0n) is 20.3. The van der Waals surface area contributed by atoms with E-state index >= 15 is 0 Å². The van der Waals surface area contributed by atoms with E-state index in [9.17, 15) is 9.59 Å². The Bertz CT molecular complexity index is 1170. The van der Waals surface area contributed by atoms with Gasteiger partial charge in [0.05, 0.1) is 23.0 Å². The summed E-state index contributed by atoms with van der Waals surface area (Å²) in [4.78, 5) is 27.4. The fraction of sp³-hybridized carbons (Fsp3) is 0.321. The molecular weight excluding hydrogens is 499 g/mol. The lowest BCUT2D eigenvalue weighted by atomic mass is 9.99. The molecule has 190 valence electrons. The highest BCUT2D eigenvalue weighted by atomic mass is 35.5. The molecule has 2 atom stereocenters. The van der Waals surface area contributed by atoms with Gasteiger partial charge in [-0.3, -0.25) is 14.6 Å². The van der Waals surface area contributed by atoms with E-state index in [2.05, 4.69) is 24.1 Å². The van der Waals surface area contributed by atoms with Crippen molar-refractivity contribution in [2.45, 2.75) is 45.6 Å². The fourth-order valence-electron chi connectivity index (χ4n) is 3.65. The monoisotopic (exact) mass is 528 g/mol. The number of hydrogen-bond acceptors (Lipinski definition) is 5. The van der Waals surface area contributed by atoms with Crippen molar-refractivity contribution < 1.29 is 19.4 Å². The number of pyridine rings is 1. The van der Waals surface area contributed by atoms with Gasteiger partial charge in [-0.05, 0) is 66.9 Å². The van der Waals surface area contributed by atoms with Crippen molar-refractivity contribution in [1.29, 1.82) is 0 Å². The van der Waals surface area contributed by atoms with Gasteiger partial charge in [0.15, 0.2) is 5.78 Å². The van der Waals surface area contributed by atoms with Gasteiger partial charge in [-0.15, -0.1) is 0 Å². The molecule has 0 saturated heterocycles. The van der Waals surface area contributed by atoms with Crippen LogP contribution in [0, 0.1) is 5.92 Å². The number of benzene rings is 2. The first kappa shape index (κ1) is 27.5. The number of carboxylic acids is 1. The Morgan fingerprint density at radius 2 is 1.81 bits per heavy atom. The number of nitrogens with zero attached hydrogens (tertiary/aromatic N) is 1. The molecule has 0 unspecified atom stereocenters. The Balaban J connectivity index is 1.60. The number of aromatic nitrogens is 1. The van der Waals surface area contributed by atoms with E-state index in [0.29, 0.717) is 40.3 Å². The van der Waals surface area contributed by atoms with Crippen LogP contribution in [0.1, 0.15) is 49.9 Å². The van der Waals surface area contributed by atoms with Crippen LogP contribution in [0.25, 0.3) is 11.3 Å². The molecule has 36 heavy (non-hydrogen) atoms. The van der Waals surface area contributed by atoms with E-state index in [1.807, 2.05) is 30.3 Å². The topological polar surface area (TPSA) is 88.5 Å². The number of halogens is 2. The number of ether oxygens (including phenoxy) is 1. The van der Waals surface area contributed by atoms with Crippen molar-refractivity contribution >= 4 is 40.6 Å². The van der Waals surface area contributed by atoms with Crippen LogP contribution in [0.4, 0.5) is 5.69 Å². The van der Waals surface area contributed by atoms with Crippen molar-refractivity contribution in [3.63, 3.8) is 0 Å². The van der Waals surface area contributed by atoms with Crippen molar-refractivity contribution in [3.05, 3.63) is 76.4 Å². The van der Waals surface area contributed by atoms with Crippen LogP contribution in [0.15, 0.2) is 60.8 Å². The molecule has 3 rings (SSSR count). The highest BCUT2D eigenvalue weighted by Gasteiger charge is 2.17. The van der Waals surface area contributed by atoms with Crippen molar-refractivity contribution in [2.75, 3.05) is 11.9 Å². The van der Waals surface area contributed by atoms with Gasteiger partial charge in [0.2, 0.25) is 0 Å². The van der Waals surface area contributed by atoms with Gasteiger partial charge < -0.3 is 15.2 Å². The maximum atomic E-state index is 12.3. The molecule has 0 aliphatic heterocycles. The number of anilines is 1. The normalized spacial score (nSPS) is 12.6. The maximum Gasteiger partial charge on any atom is 0.303 e. The summed E-state index contributed by atoms with van der Waals surface area (Å²) in [5.41, 5.74) is 3.00. The Kier molecular flexibility index (Phi) is 10.1. The summed E-state index contributed by atoms with van der Waals surface area (Å²) in [6, 6.07) is 16.3. The molecule has 0 aliphatic rings. The summed E-state index contributed by atoms with van der Waals surface area (Å²) in [6.45, 7) is 4.73. The minimum atomic E-state index is -0.890. The zero-order chi connectivity index (χ0) is 26.1. The number of carbonyl (C=O) groups is 2. The molecule has 6 nitrogen and oxygen atoms in total. The Morgan fingerprint density at radius 3 is 2.42 bits per heavy atom. The number of Topliss-reactive ketones (excluding diaryl/α,β-unsaturated/α-hetero) is 1. The quantitative estimate of drug-likeness (QED) is 0.224. The average Bonchev–Trinajstić information content (AvgIpc) is 2.86. The summed E-state index contributed by atoms with van der Waals surface area (Å²) >= 11 is 12.3. The van der Waals surface area contributed by atoms with E-state index in [1.165, 1.54) is 0 Å². The van der Waals surface area contributed by atoms with Crippen molar-refractivity contribution in [1.82, 2.24) is 4.98 Å². The first-order valence-corrected chi connectivity index (χ1v) is 12.7. The highest BCUT2D eigenvalue weighted by molar-refractivity contribution is 6.36. The van der Waals surface area contributed by atoms with E-state index in [0.717, 1.165) is 23.4 Å². The smallest absolute Gasteiger partial charge is 0.303 e. The maximum absolute atomic E-state index is 12.3. The van der Waals surface area contributed by atoms with Gasteiger partial charge in [0, 0.05) is 34.7 Å². The van der Waals surface area contributed by atoms with Gasteiger partial charge in [0.1, 0.15) is 12.4 Å². The molecule has 0 spiro atoms. The standard InChI is InChI=1S/C28H30Cl2N2O4/c1-3-18(2)26(32-21-10-7-19(8-11-21)27(33)5-4-6-28(34)35)17-36-22-12-14-25(31-16-22)23-13-9-20(29)15-24(23)30/h7-16,18,26,32H,3-6,17H2,1-2H3,(H,34,35)/t18-,26+/m0/s1. The van der Waals surface area contributed by atoms with E-state index in [4.69, 9.17) is 33.0 Å². The molecule has 0 amide bonds. The second kappa shape index (κ2) is 13.3. The predicted octanol–water partition coefficient (Wildman–Crippen LogP) is 7.40. The minimum Gasteiger partial charge on any atom is -0.490 e. The second-order valence-corrected chi connectivity index (χ2v) is 9.54. The third-order valence-electron chi connectivity index (χ3n) is 6.06. The van der Waals surface area contributed by atoms with Gasteiger partial charge in [-0.1, -0.05) is 43.5 Å². The van der Waals surface area contributed by atoms with Crippen LogP contribution in [0.3, 0.4) is 0 Å². The third-order valence-corrected chi connectivity index (χ3v) is 6.61. The van der Waals surface area contributed by atoms with Gasteiger partial charge in [0.25, 0.3) is 0 Å². The Morgan fingerprint density at radius 1 is 1.06 bits per heavy atom. The van der Waals surface area contributed by atoms with Crippen LogP contribution in [0.5, 0.6) is 5.75 Å². The minimum absolute atomic E-state index is 0.00488. The number of nitrogens with one attached hydrogen (secondary N) is 1. The molecule has 0 radical (unpaired) electrons. The molecule has 0 bridgehead atoms. The van der Waals surface area contributed by atoms with Crippen LogP contribution < -0.4 is 10.1 Å². The molecule has 2 N–H and O–H groups in total. The van der Waals surface area contributed by atoms with Crippen LogP contribution in [-0.2, 0) is 4.79 Å². The number of carboxylic acid groups (broad SMARTS) is 1. The van der Waals surface area contributed by atoms with E-state index in [1.54, 1.807) is 30.5 Å². The number of hydrogen-bond donors (Lipinski definition) is 2. The fourth-order valence-corrected chi connectivity index (χ4v) is 4.16. The number of rotatable bonds is 13. The molecule has 1 heterocycles. The zero-order valence-corrected chi connectivity index (χ0v) is 21.9. The molecular formula is C28H30Cl2N2O4. The summed E-state index contributed by atoms with van der Waals surface area (Å²) in [6.07, 6.45) is 3.20. The van der Waals surface area contributed by atoms with E-state index in [-0.39, 0.29) is 24.7 Å². The largest absolute Gasteiger partial charge is 0.490 e. The van der Waals surface area contributed by atoms with Gasteiger partial charge >= 0.3 is 5.97 Å². The summed E-state index contributed by atoms with van der Waals surface area (Å²) < 4.78 is 6.05. The Hall–Kier alpha value is -3.09. The third kappa shape index (κ3) is 7.97. The van der Waals surface area contributed by atoms with E-state index < -0.39 is 5.97 Å². The molecule has 0 fully saturated rings. The number of aliphatic carboxylic acids is 1. The van der Waals surface area contributed by atoms with Crippen molar-refractivity contribution in [3.8, 4) is 17.0 Å². The molecule has 0 saturated carbocycles. The first-order chi connectivity index (χ1) is 17.3. The molecule has 1 aromatic heterocycles. The summed E-state index contributed by atoms with van der Waals surface area (Å²) in [5, 5.41) is 13.4. The predicted molar refractivity (Wildman–Crippen MR) is 144 cm³/mol. The van der Waals surface area contributed by atoms with Crippen LogP contribution >= 0.6 is 23.2 Å². The second-order valence-electron chi connectivity index (χ2n) is 8.70. The highest BCUT2D eigenvalue weighted by Crippen LogP contribution is 2.30. The summed E-state index contributed by atoms with van der Waals surface area (Å²) in [5.74, 6) is 0.0439. The SMILES string of the molecule is CC[C@H](C)[C@@H](COc1ccc(-c2ccc(Cl)cc2Cl)nc1)Nc1ccc(C(=O)CCCC(=O)O)cc1. The van der Waals surface area contributed by atoms with Crippen LogP contribution in [0.2, 0.25) is 10.0 Å². The first-order valence-electron chi connectivity index (χ1n) is 11.9. The summed E-state index contributed by atoms with van der Waals surface area (Å²) in [7, 11) is 0. The average molecular weight is 529 g/mol. The Labute approximate surface area is 221 Å². The molecule has 8 heteroatoms. The molecule has 0 aliphatic carbocycles. The van der Waals surface area contributed by atoms with Gasteiger partial charge in [-0.25, -0.2) is 0 Å². The molecule has 3 aromatic rings.